The monoisotopic (exact) mass is 99.0 g/mol. The van der Waals surface area contributed by atoms with Gasteiger partial charge in [0.15, 0.2) is 0 Å². The van der Waals surface area contributed by atoms with Crippen LogP contribution in [0.3, 0.4) is 0 Å². The van der Waals surface area contributed by atoms with Crippen molar-refractivity contribution in [2.24, 2.45) is 0 Å². The SMILES string of the molecule is [2H]C([3H])CSCl. The van der Waals surface area contributed by atoms with Gasteiger partial charge in [-0.3, -0.25) is 0 Å². The van der Waals surface area contributed by atoms with Gasteiger partial charge in [0.1, 0.15) is 0 Å². The first-order valence-electron chi connectivity index (χ1n) is 2.01. The molecule has 0 aromatic carbocycles. The number of rotatable bonds is 1. The maximum absolute atomic E-state index is 6.54. The molecule has 0 N–H and O–H groups in total. The Morgan fingerprint density at radius 2 is 3.75 bits per heavy atom. The summed E-state index contributed by atoms with van der Waals surface area (Å²) in [4.78, 5) is 0. The van der Waals surface area contributed by atoms with E-state index in [0.717, 1.165) is 11.0 Å². The third-order valence-electron chi connectivity index (χ3n) is 0.0630. The molecule has 1 unspecified atom stereocenters. The number of halogens is 1. The lowest BCUT2D eigenvalue weighted by Gasteiger charge is -1.65. The first kappa shape index (κ1) is 1.93. The Hall–Kier alpha value is 0.640. The summed E-state index contributed by atoms with van der Waals surface area (Å²) in [6, 6.07) is 0. The summed E-state index contributed by atoms with van der Waals surface area (Å²) >= 11 is 0. The molecule has 0 nitrogen and oxygen atoms in total. The highest BCUT2D eigenvalue weighted by molar-refractivity contribution is 8.21. The van der Waals surface area contributed by atoms with Crippen LogP contribution in [0.5, 0.6) is 0 Å². The minimum atomic E-state index is -0.771. The summed E-state index contributed by atoms with van der Waals surface area (Å²) in [5, 5.41) is 0. The fourth-order valence-electron chi connectivity index (χ4n) is 0. The summed E-state index contributed by atoms with van der Waals surface area (Å²) in [5.74, 6) is 0.390. The van der Waals surface area contributed by atoms with Crippen LogP contribution in [0.4, 0.5) is 0 Å². The van der Waals surface area contributed by atoms with Gasteiger partial charge in [-0.2, -0.15) is 0 Å². The largest absolute Gasteiger partial charge is 0.0561 e. The van der Waals surface area contributed by atoms with Gasteiger partial charge in [0.25, 0.3) is 0 Å². The van der Waals surface area contributed by atoms with Crippen LogP contribution in [0.15, 0.2) is 0 Å². The number of hydrogen-bond donors (Lipinski definition) is 0. The van der Waals surface area contributed by atoms with E-state index < -0.39 is 6.88 Å². The zero-order chi connectivity index (χ0) is 4.99. The summed E-state index contributed by atoms with van der Waals surface area (Å²) in [6.45, 7) is -0.771. The summed E-state index contributed by atoms with van der Waals surface area (Å²) in [6.07, 6.45) is 0. The highest BCUT2D eigenvalue weighted by Crippen LogP contribution is 2.01. The van der Waals surface area contributed by atoms with Gasteiger partial charge in [-0.1, -0.05) is 17.9 Å². The molecule has 0 rings (SSSR count). The van der Waals surface area contributed by atoms with Crippen molar-refractivity contribution in [3.05, 3.63) is 0 Å². The van der Waals surface area contributed by atoms with Crippen molar-refractivity contribution >= 4 is 21.7 Å². The van der Waals surface area contributed by atoms with Crippen LogP contribution < -0.4 is 0 Å². The van der Waals surface area contributed by atoms with Crippen LogP contribution >= 0.6 is 21.7 Å². The third-order valence-corrected chi connectivity index (χ3v) is 0.567. The molecular weight excluding hydrogens is 91.5 g/mol. The van der Waals surface area contributed by atoms with Crippen LogP contribution in [0.25, 0.3) is 0 Å². The lowest BCUT2D eigenvalue weighted by Crippen LogP contribution is -1.45. The van der Waals surface area contributed by atoms with Crippen LogP contribution in [0.1, 0.15) is 9.62 Å². The Kier molecular flexibility index (Phi) is 1.76. The predicted octanol–water partition coefficient (Wildman–Crippen LogP) is 1.89. The van der Waals surface area contributed by atoms with Crippen molar-refractivity contribution in [3.8, 4) is 0 Å². The highest BCUT2D eigenvalue weighted by Gasteiger charge is 1.59. The Bertz CT molecular complexity index is 32.7. The maximum atomic E-state index is 6.54. The quantitative estimate of drug-likeness (QED) is 0.484. The van der Waals surface area contributed by atoms with Crippen molar-refractivity contribution in [1.82, 2.24) is 0 Å². The maximum Gasteiger partial charge on any atom is 0.0239 e. The second-order valence-electron chi connectivity index (χ2n) is 0.276. The van der Waals surface area contributed by atoms with Gasteiger partial charge < -0.3 is 0 Å². The van der Waals surface area contributed by atoms with Crippen molar-refractivity contribution in [2.75, 3.05) is 5.75 Å². The Labute approximate surface area is 37.8 Å². The normalized spacial score (nSPS) is 22.2. The van der Waals surface area contributed by atoms with Crippen LogP contribution in [-0.2, 0) is 0 Å². The van der Waals surface area contributed by atoms with E-state index in [-0.39, 0.29) is 0 Å². The molecule has 0 saturated carbocycles. The standard InChI is InChI=1S/C2H5ClS/c1-2-4-3/h2H2,1H3/i1TD. The molecule has 0 spiro atoms. The zero-order valence-corrected chi connectivity index (χ0v) is 3.64. The van der Waals surface area contributed by atoms with Crippen molar-refractivity contribution in [3.63, 3.8) is 0 Å². The fraction of sp³-hybridized carbons (Fsp3) is 1.00. The van der Waals surface area contributed by atoms with E-state index in [9.17, 15) is 0 Å². The van der Waals surface area contributed by atoms with Gasteiger partial charge in [0.2, 0.25) is 0 Å². The predicted molar refractivity (Wildman–Crippen MR) is 24.0 cm³/mol. The Morgan fingerprint density at radius 3 is 3.75 bits per heavy atom. The molecule has 0 bridgehead atoms. The van der Waals surface area contributed by atoms with Gasteiger partial charge in [-0.05, 0) is 10.7 Å². The van der Waals surface area contributed by atoms with Crippen LogP contribution in [0.2, 0.25) is 0 Å². The van der Waals surface area contributed by atoms with Gasteiger partial charge in [-0.25, -0.2) is 0 Å². The summed E-state index contributed by atoms with van der Waals surface area (Å²) in [5.41, 5.74) is 0. The van der Waals surface area contributed by atoms with E-state index >= 15 is 0 Å². The van der Waals surface area contributed by atoms with Gasteiger partial charge in [-0.15, -0.1) is 0 Å². The minimum absolute atomic E-state index is 0.390. The van der Waals surface area contributed by atoms with Crippen molar-refractivity contribution < 1.29 is 2.74 Å². The zero-order valence-electron chi connectivity index (χ0n) is 4.07. The van der Waals surface area contributed by atoms with Crippen LogP contribution in [-0.4, -0.2) is 5.75 Å². The lowest BCUT2D eigenvalue weighted by atomic mass is 11.0. The average molecular weight is 99.6 g/mol. The fourth-order valence-corrected chi connectivity index (χ4v) is 0. The van der Waals surface area contributed by atoms with E-state index in [4.69, 9.17) is 13.4 Å². The van der Waals surface area contributed by atoms with E-state index in [1.807, 2.05) is 0 Å². The molecule has 0 amide bonds. The smallest absolute Gasteiger partial charge is 0.0239 e. The van der Waals surface area contributed by atoms with E-state index in [0.29, 0.717) is 5.75 Å². The third kappa shape index (κ3) is 2.64. The molecule has 0 aliphatic carbocycles. The highest BCUT2D eigenvalue weighted by atomic mass is 35.7. The first-order valence-corrected chi connectivity index (χ1v) is 2.66. The van der Waals surface area contributed by atoms with E-state index in [1.165, 1.54) is 0 Å². The summed E-state index contributed by atoms with van der Waals surface area (Å²) in [7, 11) is 6.08. The molecule has 0 aromatic rings. The van der Waals surface area contributed by atoms with E-state index in [2.05, 4.69) is 0 Å². The summed E-state index contributed by atoms with van der Waals surface area (Å²) < 4.78 is 13.1. The second kappa shape index (κ2) is 3.64. The minimum Gasteiger partial charge on any atom is -0.0561 e. The first-order chi connectivity index (χ1) is 2.77. The molecule has 0 aliphatic rings. The van der Waals surface area contributed by atoms with Crippen LogP contribution in [0, 0.1) is 0 Å². The molecule has 2 heteroatoms. The Balaban J connectivity index is 2.63. The lowest BCUT2D eigenvalue weighted by molar-refractivity contribution is 1.54. The number of hydrogen-bond acceptors (Lipinski definition) is 1. The molecule has 0 saturated heterocycles. The molecule has 26 valence electrons. The molecule has 0 aliphatic heterocycles. The van der Waals surface area contributed by atoms with Crippen molar-refractivity contribution in [2.45, 2.75) is 6.88 Å². The van der Waals surface area contributed by atoms with E-state index in [1.54, 1.807) is 0 Å². The average Bonchev–Trinajstić information content (AvgIpc) is 1.35. The topological polar surface area (TPSA) is 0 Å². The molecular formula is C2H5ClS. The van der Waals surface area contributed by atoms with Gasteiger partial charge >= 0.3 is 0 Å². The molecule has 0 aromatic heterocycles. The second-order valence-corrected chi connectivity index (χ2v) is 1.48. The Morgan fingerprint density at radius 1 is 3.00 bits per heavy atom. The molecule has 0 radical (unpaired) electrons. The molecule has 0 fully saturated rings. The van der Waals surface area contributed by atoms with Gasteiger partial charge in [0, 0.05) is 8.49 Å². The molecule has 1 atom stereocenters. The van der Waals surface area contributed by atoms with Crippen molar-refractivity contribution in [1.29, 1.82) is 0 Å². The van der Waals surface area contributed by atoms with Gasteiger partial charge in [0.05, 0.1) is 0 Å². The molecule has 0 heterocycles. The molecule has 4 heavy (non-hydrogen) atoms.